The minimum absolute atomic E-state index is 0. The van der Waals surface area contributed by atoms with Gasteiger partial charge in [0.2, 0.25) is 0 Å². The standard InChI is InChI=1S/C18H22FN3O2.ClH/c1-2-4-15(18(23)24)20-11-16-14-5-3-6-17(14)22(21-16)13-9-7-12(19)8-10-13;/h7-10,15,20H,2-6,11H2,1H3,(H,23,24);1H. The van der Waals surface area contributed by atoms with Gasteiger partial charge in [0.15, 0.2) is 0 Å². The summed E-state index contributed by atoms with van der Waals surface area (Å²) < 4.78 is 15.0. The lowest BCUT2D eigenvalue weighted by molar-refractivity contribution is -0.139. The fourth-order valence-electron chi connectivity index (χ4n) is 3.27. The van der Waals surface area contributed by atoms with Crippen LogP contribution in [0, 0.1) is 5.82 Å². The third-order valence-electron chi connectivity index (χ3n) is 4.48. The summed E-state index contributed by atoms with van der Waals surface area (Å²) in [6, 6.07) is 5.74. The SMILES string of the molecule is CCCC(NCc1nn(-c2ccc(F)cc2)c2c1CCC2)C(=O)O.Cl. The molecule has 1 aliphatic carbocycles. The van der Waals surface area contributed by atoms with Crippen molar-refractivity contribution in [1.82, 2.24) is 15.1 Å². The molecule has 0 saturated carbocycles. The fraction of sp³-hybridized carbons (Fsp3) is 0.444. The minimum Gasteiger partial charge on any atom is -0.480 e. The molecule has 1 heterocycles. The molecule has 5 nitrogen and oxygen atoms in total. The zero-order valence-corrected chi connectivity index (χ0v) is 15.0. The summed E-state index contributed by atoms with van der Waals surface area (Å²) in [5, 5.41) is 17.0. The maximum atomic E-state index is 13.1. The van der Waals surface area contributed by atoms with Gasteiger partial charge < -0.3 is 5.11 Å². The Hall–Kier alpha value is -1.92. The van der Waals surface area contributed by atoms with Crippen molar-refractivity contribution in [3.63, 3.8) is 0 Å². The van der Waals surface area contributed by atoms with Crippen LogP contribution in [0.25, 0.3) is 5.69 Å². The molecule has 0 radical (unpaired) electrons. The highest BCUT2D eigenvalue weighted by Gasteiger charge is 2.24. The molecular formula is C18H23ClFN3O2. The van der Waals surface area contributed by atoms with Gasteiger partial charge in [-0.3, -0.25) is 10.1 Å². The Labute approximate surface area is 152 Å². The van der Waals surface area contributed by atoms with Crippen LogP contribution in [-0.2, 0) is 24.2 Å². The number of nitrogens with one attached hydrogen (secondary N) is 1. The predicted octanol–water partition coefficient (Wildman–Crippen LogP) is 3.26. The Morgan fingerprint density at radius 3 is 2.72 bits per heavy atom. The molecule has 3 rings (SSSR count). The molecule has 2 N–H and O–H groups in total. The lowest BCUT2D eigenvalue weighted by Gasteiger charge is -2.12. The van der Waals surface area contributed by atoms with Crippen molar-refractivity contribution in [3.05, 3.63) is 47.0 Å². The Balaban J connectivity index is 0.00000225. The van der Waals surface area contributed by atoms with Crippen LogP contribution in [0.4, 0.5) is 4.39 Å². The number of aromatic nitrogens is 2. The molecule has 25 heavy (non-hydrogen) atoms. The highest BCUT2D eigenvalue weighted by Crippen LogP contribution is 2.28. The molecule has 136 valence electrons. The van der Waals surface area contributed by atoms with Gasteiger partial charge in [-0.25, -0.2) is 9.07 Å². The van der Waals surface area contributed by atoms with E-state index < -0.39 is 12.0 Å². The molecular weight excluding hydrogens is 345 g/mol. The number of carboxylic acid groups (broad SMARTS) is 1. The number of hydrogen-bond acceptors (Lipinski definition) is 3. The molecule has 2 aromatic rings. The number of carboxylic acids is 1. The van der Waals surface area contributed by atoms with E-state index in [1.807, 2.05) is 11.6 Å². The Morgan fingerprint density at radius 2 is 2.08 bits per heavy atom. The van der Waals surface area contributed by atoms with Crippen molar-refractivity contribution in [2.75, 3.05) is 0 Å². The van der Waals surface area contributed by atoms with Crippen LogP contribution in [0.15, 0.2) is 24.3 Å². The summed E-state index contributed by atoms with van der Waals surface area (Å²) >= 11 is 0. The molecule has 1 aromatic carbocycles. The van der Waals surface area contributed by atoms with Gasteiger partial charge in [-0.1, -0.05) is 13.3 Å². The first-order chi connectivity index (χ1) is 11.6. The molecule has 1 atom stereocenters. The van der Waals surface area contributed by atoms with Gasteiger partial charge in [0.25, 0.3) is 0 Å². The summed E-state index contributed by atoms with van der Waals surface area (Å²) in [6.07, 6.45) is 4.37. The van der Waals surface area contributed by atoms with Crippen LogP contribution < -0.4 is 5.32 Å². The van der Waals surface area contributed by atoms with Crippen molar-refractivity contribution in [1.29, 1.82) is 0 Å². The largest absolute Gasteiger partial charge is 0.480 e. The van der Waals surface area contributed by atoms with Crippen molar-refractivity contribution in [3.8, 4) is 5.69 Å². The van der Waals surface area contributed by atoms with E-state index in [1.165, 1.54) is 17.7 Å². The summed E-state index contributed by atoms with van der Waals surface area (Å²) in [4.78, 5) is 11.3. The maximum Gasteiger partial charge on any atom is 0.320 e. The highest BCUT2D eigenvalue weighted by molar-refractivity contribution is 5.85. The second-order valence-corrected chi connectivity index (χ2v) is 6.17. The van der Waals surface area contributed by atoms with Crippen LogP contribution in [-0.4, -0.2) is 26.9 Å². The lowest BCUT2D eigenvalue weighted by atomic mass is 10.1. The predicted molar refractivity (Wildman–Crippen MR) is 96.0 cm³/mol. The smallest absolute Gasteiger partial charge is 0.320 e. The number of aliphatic carboxylic acids is 1. The van der Waals surface area contributed by atoms with E-state index in [2.05, 4.69) is 10.4 Å². The van der Waals surface area contributed by atoms with Crippen molar-refractivity contribution >= 4 is 18.4 Å². The van der Waals surface area contributed by atoms with Gasteiger partial charge in [0, 0.05) is 12.2 Å². The number of rotatable bonds is 7. The van der Waals surface area contributed by atoms with Gasteiger partial charge in [-0.2, -0.15) is 5.10 Å². The van der Waals surface area contributed by atoms with Gasteiger partial charge in [0.05, 0.1) is 11.4 Å². The number of nitrogens with zero attached hydrogens (tertiary/aromatic N) is 2. The number of halogens is 2. The molecule has 0 aliphatic heterocycles. The zero-order valence-electron chi connectivity index (χ0n) is 14.2. The lowest BCUT2D eigenvalue weighted by Crippen LogP contribution is -2.36. The van der Waals surface area contributed by atoms with E-state index in [1.54, 1.807) is 12.1 Å². The molecule has 7 heteroatoms. The van der Waals surface area contributed by atoms with E-state index in [-0.39, 0.29) is 18.2 Å². The first-order valence-electron chi connectivity index (χ1n) is 8.42. The normalized spacial score (nSPS) is 14.0. The quantitative estimate of drug-likeness (QED) is 0.788. The third-order valence-corrected chi connectivity index (χ3v) is 4.48. The Bertz CT molecular complexity index is 731. The number of fused-ring (bicyclic) bond motifs is 1. The van der Waals surface area contributed by atoms with E-state index >= 15 is 0 Å². The van der Waals surface area contributed by atoms with Crippen molar-refractivity contribution < 1.29 is 14.3 Å². The molecule has 1 aliphatic rings. The van der Waals surface area contributed by atoms with Crippen LogP contribution >= 0.6 is 12.4 Å². The monoisotopic (exact) mass is 367 g/mol. The maximum absolute atomic E-state index is 13.1. The first kappa shape index (κ1) is 19.4. The van der Waals surface area contributed by atoms with E-state index in [9.17, 15) is 14.3 Å². The van der Waals surface area contributed by atoms with Gasteiger partial charge >= 0.3 is 5.97 Å². The molecule has 0 amide bonds. The first-order valence-corrected chi connectivity index (χ1v) is 8.42. The summed E-state index contributed by atoms with van der Waals surface area (Å²) in [6.45, 7) is 2.41. The second-order valence-electron chi connectivity index (χ2n) is 6.17. The van der Waals surface area contributed by atoms with Gasteiger partial charge in [-0.05, 0) is 55.5 Å². The molecule has 0 bridgehead atoms. The molecule has 1 aromatic heterocycles. The Morgan fingerprint density at radius 1 is 1.36 bits per heavy atom. The summed E-state index contributed by atoms with van der Waals surface area (Å²) in [7, 11) is 0. The van der Waals surface area contributed by atoms with Crippen LogP contribution in [0.3, 0.4) is 0 Å². The van der Waals surface area contributed by atoms with E-state index in [4.69, 9.17) is 0 Å². The number of carbonyl (C=O) groups is 1. The average Bonchev–Trinajstić information content (AvgIpc) is 3.15. The van der Waals surface area contributed by atoms with Crippen molar-refractivity contribution in [2.45, 2.75) is 51.6 Å². The molecule has 0 fully saturated rings. The highest BCUT2D eigenvalue weighted by atomic mass is 35.5. The zero-order chi connectivity index (χ0) is 17.1. The topological polar surface area (TPSA) is 67.2 Å². The molecule has 1 unspecified atom stereocenters. The average molecular weight is 368 g/mol. The van der Waals surface area contributed by atoms with Crippen LogP contribution in [0.5, 0.6) is 0 Å². The van der Waals surface area contributed by atoms with Gasteiger partial charge in [-0.15, -0.1) is 12.4 Å². The summed E-state index contributed by atoms with van der Waals surface area (Å²) in [5.74, 6) is -1.10. The number of hydrogen-bond donors (Lipinski definition) is 2. The van der Waals surface area contributed by atoms with E-state index in [0.717, 1.165) is 42.8 Å². The fourth-order valence-corrected chi connectivity index (χ4v) is 3.27. The number of benzene rings is 1. The minimum atomic E-state index is -0.827. The third kappa shape index (κ3) is 4.19. The second kappa shape index (κ2) is 8.45. The van der Waals surface area contributed by atoms with Crippen molar-refractivity contribution in [2.24, 2.45) is 0 Å². The van der Waals surface area contributed by atoms with Gasteiger partial charge in [0.1, 0.15) is 11.9 Å². The molecule has 0 saturated heterocycles. The van der Waals surface area contributed by atoms with E-state index in [0.29, 0.717) is 13.0 Å². The molecule has 0 spiro atoms. The Kier molecular flexibility index (Phi) is 6.56. The van der Waals surface area contributed by atoms with Crippen LogP contribution in [0.2, 0.25) is 0 Å². The summed E-state index contributed by atoms with van der Waals surface area (Å²) in [5.41, 5.74) is 4.09. The van der Waals surface area contributed by atoms with Crippen LogP contribution in [0.1, 0.15) is 43.1 Å².